The summed E-state index contributed by atoms with van der Waals surface area (Å²) in [6.45, 7) is 3.32. The Hall–Kier alpha value is -0.900. The maximum absolute atomic E-state index is 11.6. The number of rotatable bonds is 3. The highest BCUT2D eigenvalue weighted by Gasteiger charge is 1.96. The highest BCUT2D eigenvalue weighted by atomic mass is 32.3. The maximum Gasteiger partial charge on any atom is 0.333 e. The Morgan fingerprint density at radius 3 is 2.40 bits per heavy atom. The van der Waals surface area contributed by atoms with Crippen molar-refractivity contribution in [2.24, 2.45) is 0 Å². The maximum atomic E-state index is 11.6. The van der Waals surface area contributed by atoms with E-state index in [-0.39, 0.29) is 0 Å². The predicted octanol–water partition coefficient (Wildman–Crippen LogP) is 1.34. The highest BCUT2D eigenvalue weighted by Crippen LogP contribution is 1.90. The predicted molar refractivity (Wildman–Crippen MR) is 37.2 cm³/mol. The summed E-state index contributed by atoms with van der Waals surface area (Å²) in [7, 11) is -4.60. The zero-order valence-electron chi connectivity index (χ0n) is 5.12. The standard InChI is InChI=1S/C6H6FO2S/c1-2-3-4-5-6-10(7,8)9/h2-5H,1H2/b4-3+,6-5?. The Labute approximate surface area is 59.6 Å². The molecule has 0 aromatic heterocycles. The number of allylic oxidation sites excluding steroid dienone is 4. The van der Waals surface area contributed by atoms with E-state index in [2.05, 4.69) is 6.58 Å². The average molecular weight is 161 g/mol. The molecule has 0 saturated carbocycles. The van der Waals surface area contributed by atoms with E-state index in [0.29, 0.717) is 0 Å². The number of hydrogen-bond donors (Lipinski definition) is 0. The molecule has 1 radical (unpaired) electrons. The van der Waals surface area contributed by atoms with Crippen molar-refractivity contribution in [3.05, 3.63) is 36.3 Å². The van der Waals surface area contributed by atoms with E-state index < -0.39 is 10.2 Å². The van der Waals surface area contributed by atoms with E-state index in [1.54, 1.807) is 0 Å². The van der Waals surface area contributed by atoms with Gasteiger partial charge in [0, 0.05) is 0 Å². The van der Waals surface area contributed by atoms with Crippen LogP contribution in [0.25, 0.3) is 0 Å². The first-order valence-corrected chi connectivity index (χ1v) is 3.77. The zero-order chi connectivity index (χ0) is 8.04. The van der Waals surface area contributed by atoms with Crippen LogP contribution >= 0.6 is 0 Å². The van der Waals surface area contributed by atoms with E-state index in [0.717, 1.165) is 6.08 Å². The van der Waals surface area contributed by atoms with Gasteiger partial charge in [-0.1, -0.05) is 24.8 Å². The van der Waals surface area contributed by atoms with E-state index in [1.165, 1.54) is 23.6 Å². The Morgan fingerprint density at radius 1 is 1.40 bits per heavy atom. The van der Waals surface area contributed by atoms with Crippen LogP contribution in [0.3, 0.4) is 0 Å². The fourth-order valence-electron chi connectivity index (χ4n) is 0.255. The van der Waals surface area contributed by atoms with Crippen LogP contribution in [0.4, 0.5) is 3.89 Å². The third-order valence-electron chi connectivity index (χ3n) is 0.552. The van der Waals surface area contributed by atoms with Gasteiger partial charge >= 0.3 is 10.2 Å². The fraction of sp³-hybridized carbons (Fsp3) is 0. The van der Waals surface area contributed by atoms with Gasteiger partial charge in [0.25, 0.3) is 0 Å². The van der Waals surface area contributed by atoms with E-state index in [1.807, 2.05) is 0 Å². The van der Waals surface area contributed by atoms with Gasteiger partial charge in [0.05, 0.1) is 0 Å². The minimum absolute atomic E-state index is 0.955. The van der Waals surface area contributed by atoms with Gasteiger partial charge in [-0.05, 0) is 6.08 Å². The summed E-state index contributed by atoms with van der Waals surface area (Å²) < 4.78 is 31.0. The highest BCUT2D eigenvalue weighted by molar-refractivity contribution is 7.88. The van der Waals surface area contributed by atoms with Gasteiger partial charge in [-0.25, -0.2) is 0 Å². The lowest BCUT2D eigenvalue weighted by Crippen LogP contribution is -1.80. The molecule has 0 aliphatic rings. The molecule has 0 aromatic carbocycles. The minimum atomic E-state index is -4.60. The molecule has 0 N–H and O–H groups in total. The molecule has 0 amide bonds. The van der Waals surface area contributed by atoms with Crippen LogP contribution in [-0.4, -0.2) is 8.42 Å². The summed E-state index contributed by atoms with van der Waals surface area (Å²) in [4.78, 5) is 0. The second kappa shape index (κ2) is 4.00. The summed E-state index contributed by atoms with van der Waals surface area (Å²) in [6, 6.07) is 0. The molecule has 0 unspecified atom stereocenters. The average Bonchev–Trinajstić information content (AvgIpc) is 1.78. The Kier molecular flexibility index (Phi) is 3.64. The van der Waals surface area contributed by atoms with Crippen LogP contribution in [0.15, 0.2) is 30.9 Å². The molecular formula is C6H6FO2S. The van der Waals surface area contributed by atoms with Gasteiger partial charge in [0.2, 0.25) is 0 Å². The van der Waals surface area contributed by atoms with Crippen molar-refractivity contribution < 1.29 is 12.3 Å². The van der Waals surface area contributed by atoms with Crippen LogP contribution in [0.1, 0.15) is 0 Å². The van der Waals surface area contributed by atoms with Crippen molar-refractivity contribution in [2.75, 3.05) is 0 Å². The van der Waals surface area contributed by atoms with Gasteiger partial charge in [-0.2, -0.15) is 8.42 Å². The first-order chi connectivity index (χ1) is 4.56. The van der Waals surface area contributed by atoms with Gasteiger partial charge in [-0.3, -0.25) is 0 Å². The monoisotopic (exact) mass is 161 g/mol. The first-order valence-electron chi connectivity index (χ1n) is 2.39. The quantitative estimate of drug-likeness (QED) is 0.462. The van der Waals surface area contributed by atoms with Crippen LogP contribution in [0.5, 0.6) is 0 Å². The Balaban J connectivity index is 4.03. The van der Waals surface area contributed by atoms with Crippen molar-refractivity contribution in [2.45, 2.75) is 0 Å². The molecule has 0 aliphatic heterocycles. The summed E-state index contributed by atoms with van der Waals surface area (Å²) in [5.41, 5.74) is 0. The van der Waals surface area contributed by atoms with Gasteiger partial charge < -0.3 is 0 Å². The number of halogens is 1. The molecular weight excluding hydrogens is 155 g/mol. The van der Waals surface area contributed by atoms with Gasteiger partial charge in [0.15, 0.2) is 0 Å². The molecule has 4 heteroatoms. The van der Waals surface area contributed by atoms with Crippen LogP contribution in [-0.2, 0) is 10.2 Å². The largest absolute Gasteiger partial charge is 0.333 e. The van der Waals surface area contributed by atoms with Crippen molar-refractivity contribution >= 4 is 10.2 Å². The molecule has 0 saturated heterocycles. The third kappa shape index (κ3) is 7.10. The van der Waals surface area contributed by atoms with Crippen LogP contribution in [0.2, 0.25) is 0 Å². The lowest BCUT2D eigenvalue weighted by atomic mass is 10.5. The molecule has 0 spiro atoms. The van der Waals surface area contributed by atoms with Gasteiger partial charge in [0.1, 0.15) is 5.41 Å². The lowest BCUT2D eigenvalue weighted by Gasteiger charge is -1.73. The summed E-state index contributed by atoms with van der Waals surface area (Å²) in [5.74, 6) is 0. The van der Waals surface area contributed by atoms with Crippen molar-refractivity contribution in [1.29, 1.82) is 0 Å². The zero-order valence-corrected chi connectivity index (χ0v) is 5.94. The Morgan fingerprint density at radius 2 is 2.00 bits per heavy atom. The molecule has 0 atom stereocenters. The van der Waals surface area contributed by atoms with E-state index in [9.17, 15) is 12.3 Å². The molecule has 0 bridgehead atoms. The molecule has 55 valence electrons. The molecule has 0 rings (SSSR count). The SMILES string of the molecule is C=C/C=C/C=[C]\S(=O)(=O)F. The smallest absolute Gasteiger partial charge is 0.189 e. The van der Waals surface area contributed by atoms with E-state index >= 15 is 0 Å². The fourth-order valence-corrected chi connectivity index (χ4v) is 0.496. The Bertz CT molecular complexity index is 249. The molecule has 0 heterocycles. The second-order valence-electron chi connectivity index (χ2n) is 1.34. The second-order valence-corrected chi connectivity index (χ2v) is 2.45. The number of hydrogen-bond acceptors (Lipinski definition) is 2. The molecule has 2 nitrogen and oxygen atoms in total. The normalized spacial score (nSPS) is 12.9. The van der Waals surface area contributed by atoms with Crippen molar-refractivity contribution in [1.82, 2.24) is 0 Å². The third-order valence-corrected chi connectivity index (χ3v) is 0.970. The molecule has 0 fully saturated rings. The molecule has 0 aliphatic carbocycles. The van der Waals surface area contributed by atoms with Gasteiger partial charge in [-0.15, -0.1) is 3.89 Å². The summed E-state index contributed by atoms with van der Waals surface area (Å²) in [5, 5.41) is 1.50. The topological polar surface area (TPSA) is 34.1 Å². The lowest BCUT2D eigenvalue weighted by molar-refractivity contribution is 0.561. The van der Waals surface area contributed by atoms with E-state index in [4.69, 9.17) is 0 Å². The van der Waals surface area contributed by atoms with Crippen molar-refractivity contribution in [3.63, 3.8) is 0 Å². The van der Waals surface area contributed by atoms with Crippen LogP contribution < -0.4 is 0 Å². The first kappa shape index (κ1) is 9.10. The van der Waals surface area contributed by atoms with Crippen LogP contribution in [0, 0.1) is 5.41 Å². The minimum Gasteiger partial charge on any atom is -0.189 e. The summed E-state index contributed by atoms with van der Waals surface area (Å²) in [6.07, 6.45) is 5.16. The van der Waals surface area contributed by atoms with Crippen molar-refractivity contribution in [3.8, 4) is 0 Å². The molecule has 0 aromatic rings. The molecule has 10 heavy (non-hydrogen) atoms. The summed E-state index contributed by atoms with van der Waals surface area (Å²) >= 11 is 0.